The standard InChI is InChI=1S/C25H24O3/c1-2-3-9-18-28-25(27)21-16-14-20(15-17-21)24(26)23-13-8-7-12-22(23)19-10-5-4-6-11-19/h4-8,10-17H,2-3,9,18H2,1H3. The van der Waals surface area contributed by atoms with Gasteiger partial charge in [0.25, 0.3) is 0 Å². The summed E-state index contributed by atoms with van der Waals surface area (Å²) in [6.45, 7) is 2.53. The molecule has 3 rings (SSSR count). The first-order valence-electron chi connectivity index (χ1n) is 9.67. The number of carbonyl (C=O) groups excluding carboxylic acids is 2. The molecule has 0 spiro atoms. The summed E-state index contributed by atoms with van der Waals surface area (Å²) in [6.07, 6.45) is 3.00. The molecule has 0 unspecified atom stereocenters. The second kappa shape index (κ2) is 9.65. The summed E-state index contributed by atoms with van der Waals surface area (Å²) in [5, 5.41) is 0. The third kappa shape index (κ3) is 4.74. The molecule has 0 amide bonds. The van der Waals surface area contributed by atoms with Gasteiger partial charge in [-0.05, 0) is 29.7 Å². The van der Waals surface area contributed by atoms with Gasteiger partial charge in [-0.2, -0.15) is 0 Å². The van der Waals surface area contributed by atoms with Crippen LogP contribution in [-0.2, 0) is 4.74 Å². The fourth-order valence-corrected chi connectivity index (χ4v) is 3.06. The van der Waals surface area contributed by atoms with Crippen molar-refractivity contribution in [2.45, 2.75) is 26.2 Å². The maximum absolute atomic E-state index is 13.0. The first-order valence-corrected chi connectivity index (χ1v) is 9.67. The molecule has 3 nitrogen and oxygen atoms in total. The Morgan fingerprint density at radius 2 is 1.39 bits per heavy atom. The summed E-state index contributed by atoms with van der Waals surface area (Å²) in [5.41, 5.74) is 3.55. The lowest BCUT2D eigenvalue weighted by atomic mass is 9.94. The van der Waals surface area contributed by atoms with Crippen LogP contribution in [0.25, 0.3) is 11.1 Å². The van der Waals surface area contributed by atoms with Gasteiger partial charge >= 0.3 is 5.97 Å². The van der Waals surface area contributed by atoms with E-state index in [1.165, 1.54) is 0 Å². The summed E-state index contributed by atoms with van der Waals surface area (Å²) in [7, 11) is 0. The van der Waals surface area contributed by atoms with Crippen LogP contribution in [0.15, 0.2) is 78.9 Å². The van der Waals surface area contributed by atoms with E-state index in [4.69, 9.17) is 4.74 Å². The van der Waals surface area contributed by atoms with Crippen molar-refractivity contribution in [2.24, 2.45) is 0 Å². The van der Waals surface area contributed by atoms with Crippen LogP contribution < -0.4 is 0 Å². The van der Waals surface area contributed by atoms with Gasteiger partial charge in [-0.15, -0.1) is 0 Å². The lowest BCUT2D eigenvalue weighted by molar-refractivity contribution is 0.0498. The number of hydrogen-bond donors (Lipinski definition) is 0. The Labute approximate surface area is 166 Å². The largest absolute Gasteiger partial charge is 0.462 e. The molecule has 3 aromatic rings. The molecular weight excluding hydrogens is 348 g/mol. The molecule has 0 aliphatic rings. The number of carbonyl (C=O) groups is 2. The molecule has 0 bridgehead atoms. The van der Waals surface area contributed by atoms with Gasteiger partial charge in [-0.3, -0.25) is 4.79 Å². The SMILES string of the molecule is CCCCCOC(=O)c1ccc(C(=O)c2ccccc2-c2ccccc2)cc1. The van der Waals surface area contributed by atoms with E-state index < -0.39 is 0 Å². The molecule has 0 aliphatic carbocycles. The fourth-order valence-electron chi connectivity index (χ4n) is 3.06. The third-order valence-electron chi connectivity index (χ3n) is 4.62. The zero-order chi connectivity index (χ0) is 19.8. The van der Waals surface area contributed by atoms with Gasteiger partial charge in [0.1, 0.15) is 0 Å². The van der Waals surface area contributed by atoms with Crippen molar-refractivity contribution >= 4 is 11.8 Å². The summed E-state index contributed by atoms with van der Waals surface area (Å²) in [4.78, 5) is 25.1. The fraction of sp³-hybridized carbons (Fsp3) is 0.200. The Balaban J connectivity index is 1.76. The maximum Gasteiger partial charge on any atom is 0.338 e. The van der Waals surface area contributed by atoms with Crippen molar-refractivity contribution < 1.29 is 14.3 Å². The van der Waals surface area contributed by atoms with Crippen LogP contribution in [-0.4, -0.2) is 18.4 Å². The lowest BCUT2D eigenvalue weighted by Gasteiger charge is -2.10. The van der Waals surface area contributed by atoms with Crippen molar-refractivity contribution in [2.75, 3.05) is 6.61 Å². The van der Waals surface area contributed by atoms with E-state index in [1.54, 1.807) is 24.3 Å². The monoisotopic (exact) mass is 372 g/mol. The number of hydrogen-bond acceptors (Lipinski definition) is 3. The van der Waals surface area contributed by atoms with Crippen LogP contribution in [0, 0.1) is 0 Å². The Morgan fingerprint density at radius 1 is 0.750 bits per heavy atom. The molecule has 0 fully saturated rings. The molecular formula is C25H24O3. The number of ether oxygens (including phenoxy) is 1. The summed E-state index contributed by atoms with van der Waals surface area (Å²) in [5.74, 6) is -0.415. The summed E-state index contributed by atoms with van der Waals surface area (Å²) < 4.78 is 5.27. The van der Waals surface area contributed by atoms with Crippen LogP contribution >= 0.6 is 0 Å². The first-order chi connectivity index (χ1) is 13.7. The molecule has 3 aromatic carbocycles. The summed E-state index contributed by atoms with van der Waals surface area (Å²) in [6, 6.07) is 24.1. The molecule has 0 atom stereocenters. The van der Waals surface area contributed by atoms with E-state index in [2.05, 4.69) is 6.92 Å². The first kappa shape index (κ1) is 19.6. The van der Waals surface area contributed by atoms with Crippen LogP contribution in [0.2, 0.25) is 0 Å². The molecule has 0 N–H and O–H groups in total. The zero-order valence-corrected chi connectivity index (χ0v) is 16.1. The van der Waals surface area contributed by atoms with Crippen molar-refractivity contribution in [3.05, 3.63) is 95.6 Å². The predicted octanol–water partition coefficient (Wildman–Crippen LogP) is 5.93. The Morgan fingerprint density at radius 3 is 2.11 bits per heavy atom. The Hall–Kier alpha value is -3.20. The van der Waals surface area contributed by atoms with E-state index >= 15 is 0 Å². The Bertz CT molecular complexity index is 928. The average molecular weight is 372 g/mol. The number of esters is 1. The van der Waals surface area contributed by atoms with Gasteiger partial charge in [-0.1, -0.05) is 86.5 Å². The zero-order valence-electron chi connectivity index (χ0n) is 16.1. The normalized spacial score (nSPS) is 10.5. The topological polar surface area (TPSA) is 43.4 Å². The highest BCUT2D eigenvalue weighted by Crippen LogP contribution is 2.25. The van der Waals surface area contributed by atoms with Gasteiger partial charge in [0.2, 0.25) is 0 Å². The lowest BCUT2D eigenvalue weighted by Crippen LogP contribution is -2.08. The van der Waals surface area contributed by atoms with Gasteiger partial charge in [0.05, 0.1) is 12.2 Å². The minimum absolute atomic E-state index is 0.0673. The molecule has 0 radical (unpaired) electrons. The highest BCUT2D eigenvalue weighted by molar-refractivity contribution is 6.13. The second-order valence-electron chi connectivity index (χ2n) is 6.66. The van der Waals surface area contributed by atoms with Crippen LogP contribution in [0.5, 0.6) is 0 Å². The van der Waals surface area contributed by atoms with Crippen molar-refractivity contribution in [1.29, 1.82) is 0 Å². The number of unbranched alkanes of at least 4 members (excludes halogenated alkanes) is 2. The smallest absolute Gasteiger partial charge is 0.338 e. The summed E-state index contributed by atoms with van der Waals surface area (Å²) >= 11 is 0. The molecule has 3 heteroatoms. The molecule has 0 heterocycles. The van der Waals surface area contributed by atoms with Crippen molar-refractivity contribution in [1.82, 2.24) is 0 Å². The highest BCUT2D eigenvalue weighted by atomic mass is 16.5. The van der Waals surface area contributed by atoms with E-state index in [0.29, 0.717) is 23.3 Å². The minimum Gasteiger partial charge on any atom is -0.462 e. The van der Waals surface area contributed by atoms with Crippen molar-refractivity contribution in [3.8, 4) is 11.1 Å². The molecule has 0 aromatic heterocycles. The van der Waals surface area contributed by atoms with E-state index in [1.807, 2.05) is 54.6 Å². The van der Waals surface area contributed by atoms with Gasteiger partial charge in [0.15, 0.2) is 5.78 Å². The number of ketones is 1. The number of rotatable bonds is 8. The quantitative estimate of drug-likeness (QED) is 0.279. The average Bonchev–Trinajstić information content (AvgIpc) is 2.77. The molecule has 0 saturated heterocycles. The Kier molecular flexibility index (Phi) is 6.74. The second-order valence-corrected chi connectivity index (χ2v) is 6.66. The highest BCUT2D eigenvalue weighted by Gasteiger charge is 2.15. The van der Waals surface area contributed by atoms with E-state index in [0.717, 1.165) is 30.4 Å². The van der Waals surface area contributed by atoms with E-state index in [-0.39, 0.29) is 11.8 Å². The van der Waals surface area contributed by atoms with Gasteiger partial charge in [-0.25, -0.2) is 4.79 Å². The van der Waals surface area contributed by atoms with Crippen LogP contribution in [0.1, 0.15) is 52.5 Å². The molecule has 0 aliphatic heterocycles. The molecule has 142 valence electrons. The van der Waals surface area contributed by atoms with Gasteiger partial charge < -0.3 is 4.74 Å². The van der Waals surface area contributed by atoms with Crippen LogP contribution in [0.3, 0.4) is 0 Å². The number of benzene rings is 3. The minimum atomic E-state index is -0.347. The van der Waals surface area contributed by atoms with E-state index in [9.17, 15) is 9.59 Å². The van der Waals surface area contributed by atoms with Crippen LogP contribution in [0.4, 0.5) is 0 Å². The third-order valence-corrected chi connectivity index (χ3v) is 4.62. The maximum atomic E-state index is 13.0. The predicted molar refractivity (Wildman–Crippen MR) is 112 cm³/mol. The van der Waals surface area contributed by atoms with Gasteiger partial charge in [0, 0.05) is 11.1 Å². The molecule has 0 saturated carbocycles. The van der Waals surface area contributed by atoms with Crippen molar-refractivity contribution in [3.63, 3.8) is 0 Å². The molecule has 28 heavy (non-hydrogen) atoms.